The number of carbonyl (C=O) groups excluding carboxylic acids is 1. The molecule has 1 aliphatic rings. The number of rotatable bonds is 7. The van der Waals surface area contributed by atoms with Crippen LogP contribution < -0.4 is 5.32 Å². The number of thiophene rings is 1. The van der Waals surface area contributed by atoms with Crippen LogP contribution in [-0.4, -0.2) is 39.5 Å². The summed E-state index contributed by atoms with van der Waals surface area (Å²) in [5.41, 5.74) is 12.3. The summed E-state index contributed by atoms with van der Waals surface area (Å²) in [5.74, 6) is 1.24. The molecule has 1 atom stereocenters. The average molecular weight is 483 g/mol. The molecule has 0 saturated carbocycles. The van der Waals surface area contributed by atoms with Gasteiger partial charge in [-0.2, -0.15) is 0 Å². The average Bonchev–Trinajstić information content (AvgIpc) is 3.26. The highest BCUT2D eigenvalue weighted by molar-refractivity contribution is 7.15. The first-order valence-corrected chi connectivity index (χ1v) is 11.7. The fourth-order valence-corrected chi connectivity index (χ4v) is 5.14. The number of hydrogen-bond donors (Lipinski definition) is 1. The second-order valence-corrected chi connectivity index (χ2v) is 9.41. The number of aliphatic imine (C=N–C) groups is 1. The van der Waals surface area contributed by atoms with Crippen molar-refractivity contribution in [2.75, 3.05) is 13.1 Å². The van der Waals surface area contributed by atoms with E-state index in [-0.39, 0.29) is 12.3 Å². The van der Waals surface area contributed by atoms with E-state index in [0.29, 0.717) is 30.4 Å². The molecule has 0 aliphatic carbocycles. The van der Waals surface area contributed by atoms with Gasteiger partial charge >= 0.3 is 0 Å². The van der Waals surface area contributed by atoms with Crippen LogP contribution >= 0.6 is 22.9 Å². The van der Waals surface area contributed by atoms with Crippen LogP contribution in [0.15, 0.2) is 34.4 Å². The molecule has 3 aromatic rings. The third-order valence-electron chi connectivity index (χ3n) is 5.56. The lowest BCUT2D eigenvalue weighted by atomic mass is 9.99. The number of halogens is 1. The predicted molar refractivity (Wildman–Crippen MR) is 130 cm³/mol. The maximum absolute atomic E-state index is 12.7. The molecule has 33 heavy (non-hydrogen) atoms. The Morgan fingerprint density at radius 2 is 2.03 bits per heavy atom. The predicted octanol–water partition coefficient (Wildman–Crippen LogP) is 5.01. The zero-order valence-electron chi connectivity index (χ0n) is 18.5. The number of benzene rings is 1. The van der Waals surface area contributed by atoms with Crippen molar-refractivity contribution in [3.8, 4) is 5.00 Å². The van der Waals surface area contributed by atoms with E-state index >= 15 is 0 Å². The number of aryl methyl sites for hydroxylation is 2. The first kappa shape index (κ1) is 23.0. The van der Waals surface area contributed by atoms with E-state index in [2.05, 4.69) is 39.4 Å². The van der Waals surface area contributed by atoms with Gasteiger partial charge < -0.3 is 5.32 Å². The SMILES string of the molecule is Cc1sc2c(c1C)C(c1ccc(Cl)cc1)=N[C@@H](CC(=O)NCCCN=[N+]=[N-])c1nnc(C)n1-2. The number of nitrogens with one attached hydrogen (secondary N) is 1. The minimum Gasteiger partial charge on any atom is -0.356 e. The van der Waals surface area contributed by atoms with E-state index in [1.54, 1.807) is 11.3 Å². The van der Waals surface area contributed by atoms with Crippen molar-refractivity contribution >= 4 is 34.6 Å². The molecule has 9 nitrogen and oxygen atoms in total. The van der Waals surface area contributed by atoms with Crippen molar-refractivity contribution in [2.24, 2.45) is 10.1 Å². The molecule has 11 heteroatoms. The third kappa shape index (κ3) is 4.64. The Morgan fingerprint density at radius 1 is 1.27 bits per heavy atom. The molecule has 1 aliphatic heterocycles. The van der Waals surface area contributed by atoms with Crippen LogP contribution in [0.3, 0.4) is 0 Å². The molecule has 0 radical (unpaired) electrons. The van der Waals surface area contributed by atoms with Crippen molar-refractivity contribution in [1.82, 2.24) is 20.1 Å². The van der Waals surface area contributed by atoms with Gasteiger partial charge in [0.1, 0.15) is 16.9 Å². The highest BCUT2D eigenvalue weighted by Gasteiger charge is 2.32. The van der Waals surface area contributed by atoms with E-state index in [4.69, 9.17) is 22.1 Å². The molecular formula is C22H23ClN8OS. The van der Waals surface area contributed by atoms with Crippen molar-refractivity contribution in [3.63, 3.8) is 0 Å². The van der Waals surface area contributed by atoms with Crippen LogP contribution in [0.4, 0.5) is 0 Å². The molecule has 170 valence electrons. The summed E-state index contributed by atoms with van der Waals surface area (Å²) in [5, 5.41) is 16.7. The molecule has 3 heterocycles. The second kappa shape index (κ2) is 9.74. The van der Waals surface area contributed by atoms with Crippen molar-refractivity contribution in [1.29, 1.82) is 0 Å². The third-order valence-corrected chi connectivity index (χ3v) is 7.00. The van der Waals surface area contributed by atoms with E-state index in [0.717, 1.165) is 33.2 Å². The maximum atomic E-state index is 12.7. The summed E-state index contributed by atoms with van der Waals surface area (Å²) in [6.07, 6.45) is 0.703. The lowest BCUT2D eigenvalue weighted by molar-refractivity contribution is -0.121. The molecule has 4 rings (SSSR count). The number of aromatic nitrogens is 3. The highest BCUT2D eigenvalue weighted by atomic mass is 35.5. The number of amides is 1. The van der Waals surface area contributed by atoms with Gasteiger partial charge in [-0.1, -0.05) is 28.8 Å². The largest absolute Gasteiger partial charge is 0.356 e. The van der Waals surface area contributed by atoms with Crippen LogP contribution in [-0.2, 0) is 4.79 Å². The number of carbonyl (C=O) groups is 1. The molecule has 2 aromatic heterocycles. The summed E-state index contributed by atoms with van der Waals surface area (Å²) in [7, 11) is 0. The molecule has 1 amide bonds. The minimum absolute atomic E-state index is 0.129. The molecule has 1 aromatic carbocycles. The molecule has 0 bridgehead atoms. The molecule has 1 N–H and O–H groups in total. The topological polar surface area (TPSA) is 121 Å². The number of azide groups is 1. The normalized spacial score (nSPS) is 14.5. The van der Waals surface area contributed by atoms with Gasteiger partial charge in [0.05, 0.1) is 12.1 Å². The van der Waals surface area contributed by atoms with Crippen LogP contribution in [0.2, 0.25) is 5.02 Å². The van der Waals surface area contributed by atoms with Gasteiger partial charge in [-0.05, 0) is 50.4 Å². The Kier molecular flexibility index (Phi) is 6.78. The van der Waals surface area contributed by atoms with Crippen LogP contribution in [0.5, 0.6) is 0 Å². The van der Waals surface area contributed by atoms with E-state index in [9.17, 15) is 4.79 Å². The van der Waals surface area contributed by atoms with Gasteiger partial charge in [-0.25, -0.2) is 0 Å². The standard InChI is InChI=1S/C22H23ClN8OS/c1-12-13(2)33-22-19(12)20(15-5-7-16(23)8-6-15)27-17(21-29-28-14(3)31(21)22)11-18(32)25-9-4-10-26-30-24/h5-8,17H,4,9-11H2,1-3H3,(H,25,32)/t17-/m0/s1. The first-order valence-electron chi connectivity index (χ1n) is 10.5. The molecule has 0 unspecified atom stereocenters. The lowest BCUT2D eigenvalue weighted by Crippen LogP contribution is -2.26. The summed E-state index contributed by atoms with van der Waals surface area (Å²) in [6.45, 7) is 6.85. The fourth-order valence-electron chi connectivity index (χ4n) is 3.80. The summed E-state index contributed by atoms with van der Waals surface area (Å²) < 4.78 is 2.02. The zero-order chi connectivity index (χ0) is 23.5. The van der Waals surface area contributed by atoms with Gasteiger partial charge in [-0.3, -0.25) is 14.4 Å². The maximum Gasteiger partial charge on any atom is 0.222 e. The zero-order valence-corrected chi connectivity index (χ0v) is 20.1. The van der Waals surface area contributed by atoms with Gasteiger partial charge in [0, 0.05) is 39.0 Å². The Bertz CT molecular complexity index is 1270. The van der Waals surface area contributed by atoms with Crippen molar-refractivity contribution in [2.45, 2.75) is 39.7 Å². The van der Waals surface area contributed by atoms with Crippen LogP contribution in [0.1, 0.15) is 52.1 Å². The molecular weight excluding hydrogens is 460 g/mol. The van der Waals surface area contributed by atoms with Crippen molar-refractivity contribution < 1.29 is 4.79 Å². The Morgan fingerprint density at radius 3 is 2.76 bits per heavy atom. The lowest BCUT2D eigenvalue weighted by Gasteiger charge is -2.13. The quantitative estimate of drug-likeness (QED) is 0.220. The molecule has 0 fully saturated rings. The Labute approximate surface area is 200 Å². The van der Waals surface area contributed by atoms with Crippen LogP contribution in [0, 0.1) is 20.8 Å². The Hall–Kier alpha value is -3.20. The summed E-state index contributed by atoms with van der Waals surface area (Å²) in [6, 6.07) is 7.07. The molecule has 0 spiro atoms. The van der Waals surface area contributed by atoms with E-state index in [1.165, 1.54) is 4.88 Å². The van der Waals surface area contributed by atoms with Crippen molar-refractivity contribution in [3.05, 3.63) is 72.9 Å². The smallest absolute Gasteiger partial charge is 0.222 e. The van der Waals surface area contributed by atoms with E-state index in [1.807, 2.05) is 35.8 Å². The number of hydrogen-bond acceptors (Lipinski definition) is 6. The summed E-state index contributed by atoms with van der Waals surface area (Å²) >= 11 is 7.80. The van der Waals surface area contributed by atoms with E-state index < -0.39 is 6.04 Å². The highest BCUT2D eigenvalue weighted by Crippen LogP contribution is 2.39. The van der Waals surface area contributed by atoms with Gasteiger partial charge in [0.2, 0.25) is 5.91 Å². The fraction of sp³-hybridized carbons (Fsp3) is 0.364. The van der Waals surface area contributed by atoms with Gasteiger partial charge in [0.25, 0.3) is 0 Å². The van der Waals surface area contributed by atoms with Crippen LogP contribution in [0.25, 0.3) is 15.4 Å². The monoisotopic (exact) mass is 482 g/mol. The number of fused-ring (bicyclic) bond motifs is 3. The summed E-state index contributed by atoms with van der Waals surface area (Å²) in [4.78, 5) is 21.7. The van der Waals surface area contributed by atoms with Gasteiger partial charge in [0.15, 0.2) is 5.82 Å². The first-order chi connectivity index (χ1) is 15.9. The second-order valence-electron chi connectivity index (χ2n) is 7.77. The number of nitrogens with zero attached hydrogens (tertiary/aromatic N) is 7. The molecule has 0 saturated heterocycles. The Balaban J connectivity index is 1.75. The van der Waals surface area contributed by atoms with Gasteiger partial charge in [-0.15, -0.1) is 21.5 Å². The minimum atomic E-state index is -0.506.